The van der Waals surface area contributed by atoms with Gasteiger partial charge in [0.1, 0.15) is 0 Å². The van der Waals surface area contributed by atoms with Crippen molar-refractivity contribution in [2.24, 2.45) is 5.41 Å². The highest BCUT2D eigenvalue weighted by molar-refractivity contribution is 5.77. The number of carboxylic acid groups (broad SMARTS) is 1. The molecule has 1 aliphatic heterocycles. The highest BCUT2D eigenvalue weighted by atomic mass is 16.5. The molecule has 1 fully saturated rings. The van der Waals surface area contributed by atoms with Gasteiger partial charge in [-0.1, -0.05) is 13.8 Å². The minimum Gasteiger partial charge on any atom is -0.481 e. The summed E-state index contributed by atoms with van der Waals surface area (Å²) >= 11 is 0. The van der Waals surface area contributed by atoms with Gasteiger partial charge in [0.05, 0.1) is 18.1 Å². The molecule has 1 aliphatic rings. The maximum atomic E-state index is 11.7. The third kappa shape index (κ3) is 5.51. The smallest absolute Gasteiger partial charge is 0.314 e. The van der Waals surface area contributed by atoms with Crippen LogP contribution < -0.4 is 10.6 Å². The first kappa shape index (κ1) is 17.7. The van der Waals surface area contributed by atoms with E-state index in [1.165, 1.54) is 0 Å². The minimum absolute atomic E-state index is 0.0125. The van der Waals surface area contributed by atoms with Crippen LogP contribution in [0.4, 0.5) is 4.79 Å². The van der Waals surface area contributed by atoms with Gasteiger partial charge in [-0.2, -0.15) is 0 Å². The fraction of sp³-hybridized carbons (Fsp3) is 0.857. The minimum atomic E-state index is -0.933. The van der Waals surface area contributed by atoms with E-state index in [2.05, 4.69) is 22.5 Å². The molecule has 1 rings (SSSR count). The van der Waals surface area contributed by atoms with E-state index in [0.717, 1.165) is 19.6 Å². The molecule has 0 saturated carbocycles. The van der Waals surface area contributed by atoms with Crippen molar-refractivity contribution in [3.63, 3.8) is 0 Å². The first-order valence-corrected chi connectivity index (χ1v) is 7.50. The van der Waals surface area contributed by atoms with E-state index in [-0.39, 0.29) is 18.7 Å². The van der Waals surface area contributed by atoms with E-state index in [0.29, 0.717) is 19.6 Å². The van der Waals surface area contributed by atoms with Gasteiger partial charge in [0.2, 0.25) is 0 Å². The van der Waals surface area contributed by atoms with Crippen LogP contribution in [0.15, 0.2) is 0 Å². The standard InChI is InChI=1S/C14H27N3O4/c1-4-14(3,12(18)19)10-16-13(20)15-8-11-9-17(5-2)6-7-21-11/h11H,4-10H2,1-3H3,(H,18,19)(H2,15,16,20). The van der Waals surface area contributed by atoms with Crippen molar-refractivity contribution in [3.8, 4) is 0 Å². The lowest BCUT2D eigenvalue weighted by Gasteiger charge is -2.32. The van der Waals surface area contributed by atoms with Gasteiger partial charge >= 0.3 is 12.0 Å². The van der Waals surface area contributed by atoms with E-state index in [4.69, 9.17) is 9.84 Å². The number of ether oxygens (including phenoxy) is 1. The molecular weight excluding hydrogens is 274 g/mol. The van der Waals surface area contributed by atoms with Gasteiger partial charge in [0.25, 0.3) is 0 Å². The van der Waals surface area contributed by atoms with Crippen molar-refractivity contribution in [3.05, 3.63) is 0 Å². The number of urea groups is 1. The van der Waals surface area contributed by atoms with Crippen LogP contribution in [0.25, 0.3) is 0 Å². The Bertz CT molecular complexity index is 364. The molecule has 2 unspecified atom stereocenters. The topological polar surface area (TPSA) is 90.9 Å². The molecule has 21 heavy (non-hydrogen) atoms. The summed E-state index contributed by atoms with van der Waals surface area (Å²) in [6.07, 6.45) is 0.446. The van der Waals surface area contributed by atoms with Crippen LogP contribution in [0.5, 0.6) is 0 Å². The quantitative estimate of drug-likeness (QED) is 0.637. The van der Waals surface area contributed by atoms with Gasteiger partial charge in [-0.05, 0) is 19.9 Å². The summed E-state index contributed by atoms with van der Waals surface area (Å²) in [6, 6.07) is -0.354. The number of amides is 2. The Labute approximate surface area is 126 Å². The molecule has 0 spiro atoms. The number of hydrogen-bond donors (Lipinski definition) is 3. The first-order valence-electron chi connectivity index (χ1n) is 7.50. The molecule has 122 valence electrons. The Morgan fingerprint density at radius 3 is 2.67 bits per heavy atom. The lowest BCUT2D eigenvalue weighted by Crippen LogP contribution is -2.50. The van der Waals surface area contributed by atoms with Crippen molar-refractivity contribution < 1.29 is 19.4 Å². The molecule has 0 aromatic carbocycles. The van der Waals surface area contributed by atoms with E-state index in [9.17, 15) is 9.59 Å². The summed E-state index contributed by atoms with van der Waals surface area (Å²) in [7, 11) is 0. The zero-order valence-corrected chi connectivity index (χ0v) is 13.1. The average molecular weight is 301 g/mol. The number of morpholine rings is 1. The van der Waals surface area contributed by atoms with Crippen LogP contribution in [0.2, 0.25) is 0 Å². The van der Waals surface area contributed by atoms with Crippen molar-refractivity contribution >= 4 is 12.0 Å². The molecule has 0 radical (unpaired) electrons. The number of carbonyl (C=O) groups is 2. The number of nitrogens with zero attached hydrogens (tertiary/aromatic N) is 1. The normalized spacial score (nSPS) is 22.3. The Hall–Kier alpha value is -1.34. The predicted molar refractivity (Wildman–Crippen MR) is 79.3 cm³/mol. The Morgan fingerprint density at radius 1 is 1.38 bits per heavy atom. The highest BCUT2D eigenvalue weighted by Gasteiger charge is 2.31. The highest BCUT2D eigenvalue weighted by Crippen LogP contribution is 2.19. The first-order chi connectivity index (χ1) is 9.91. The number of rotatable bonds is 7. The molecule has 3 N–H and O–H groups in total. The maximum Gasteiger partial charge on any atom is 0.314 e. The van der Waals surface area contributed by atoms with Gasteiger partial charge < -0.3 is 20.5 Å². The number of carboxylic acids is 1. The summed E-state index contributed by atoms with van der Waals surface area (Å²) < 4.78 is 5.59. The number of nitrogens with one attached hydrogen (secondary N) is 2. The number of likely N-dealkylation sites (N-methyl/N-ethyl adjacent to an activating group) is 1. The molecule has 0 aromatic rings. The summed E-state index contributed by atoms with van der Waals surface area (Å²) in [5, 5.41) is 14.5. The van der Waals surface area contributed by atoms with E-state index in [1.807, 2.05) is 0 Å². The molecule has 1 heterocycles. The fourth-order valence-electron chi connectivity index (χ4n) is 2.09. The molecule has 7 heteroatoms. The van der Waals surface area contributed by atoms with Crippen LogP contribution in [0.3, 0.4) is 0 Å². The summed E-state index contributed by atoms with van der Waals surface area (Å²) in [6.45, 7) is 9.43. The molecule has 0 aliphatic carbocycles. The second kappa shape index (κ2) is 8.19. The van der Waals surface area contributed by atoms with Crippen LogP contribution in [0, 0.1) is 5.41 Å². The molecule has 0 aromatic heterocycles. The number of aliphatic carboxylic acids is 1. The summed E-state index contributed by atoms with van der Waals surface area (Å²) in [5.41, 5.74) is -0.933. The van der Waals surface area contributed by atoms with Crippen molar-refractivity contribution in [2.75, 3.05) is 39.3 Å². The average Bonchev–Trinajstić information content (AvgIpc) is 2.50. The molecule has 1 saturated heterocycles. The van der Waals surface area contributed by atoms with Crippen LogP contribution in [-0.4, -0.2) is 67.4 Å². The van der Waals surface area contributed by atoms with E-state index < -0.39 is 11.4 Å². The zero-order chi connectivity index (χ0) is 15.9. The number of hydrogen-bond acceptors (Lipinski definition) is 4. The van der Waals surface area contributed by atoms with Gasteiger partial charge in [0, 0.05) is 26.2 Å². The molecule has 0 bridgehead atoms. The SMILES string of the molecule is CCN1CCOC(CNC(=O)NCC(C)(CC)C(=O)O)C1. The zero-order valence-electron chi connectivity index (χ0n) is 13.1. The van der Waals surface area contributed by atoms with E-state index >= 15 is 0 Å². The Morgan fingerprint density at radius 2 is 2.10 bits per heavy atom. The van der Waals surface area contributed by atoms with Crippen LogP contribution >= 0.6 is 0 Å². The predicted octanol–water partition coefficient (Wildman–Crippen LogP) is 0.507. The number of carbonyl (C=O) groups excluding carboxylic acids is 1. The Balaban J connectivity index is 2.29. The molecular formula is C14H27N3O4. The maximum absolute atomic E-state index is 11.7. The van der Waals surface area contributed by atoms with Crippen molar-refractivity contribution in [2.45, 2.75) is 33.3 Å². The molecule has 2 amide bonds. The van der Waals surface area contributed by atoms with E-state index in [1.54, 1.807) is 13.8 Å². The molecule has 7 nitrogen and oxygen atoms in total. The fourth-order valence-corrected chi connectivity index (χ4v) is 2.09. The van der Waals surface area contributed by atoms with Gasteiger partial charge in [0.15, 0.2) is 0 Å². The van der Waals surface area contributed by atoms with Gasteiger partial charge in [-0.15, -0.1) is 0 Å². The summed E-state index contributed by atoms with van der Waals surface area (Å²) in [5.74, 6) is -0.903. The van der Waals surface area contributed by atoms with Gasteiger partial charge in [-0.25, -0.2) is 4.79 Å². The second-order valence-corrected chi connectivity index (χ2v) is 5.67. The van der Waals surface area contributed by atoms with Crippen molar-refractivity contribution in [1.82, 2.24) is 15.5 Å². The molecule has 2 atom stereocenters. The third-order valence-corrected chi connectivity index (χ3v) is 4.10. The van der Waals surface area contributed by atoms with Crippen LogP contribution in [0.1, 0.15) is 27.2 Å². The van der Waals surface area contributed by atoms with Crippen molar-refractivity contribution in [1.29, 1.82) is 0 Å². The van der Waals surface area contributed by atoms with Gasteiger partial charge in [-0.3, -0.25) is 9.69 Å². The summed E-state index contributed by atoms with van der Waals surface area (Å²) in [4.78, 5) is 25.1. The second-order valence-electron chi connectivity index (χ2n) is 5.67. The lowest BCUT2D eigenvalue weighted by molar-refractivity contribution is -0.147. The van der Waals surface area contributed by atoms with Crippen LogP contribution in [-0.2, 0) is 9.53 Å². The largest absolute Gasteiger partial charge is 0.481 e. The Kier molecular flexibility index (Phi) is 6.91. The lowest BCUT2D eigenvalue weighted by atomic mass is 9.88. The monoisotopic (exact) mass is 301 g/mol. The third-order valence-electron chi connectivity index (χ3n) is 4.10.